The molecule has 4 heteroatoms. The van der Waals surface area contributed by atoms with Crippen molar-refractivity contribution in [2.24, 2.45) is 5.92 Å². The van der Waals surface area contributed by atoms with Gasteiger partial charge < -0.3 is 10.4 Å². The summed E-state index contributed by atoms with van der Waals surface area (Å²) in [4.78, 5) is 11.0. The molecule has 2 N–H and O–H groups in total. The average molecular weight is 279 g/mol. The summed E-state index contributed by atoms with van der Waals surface area (Å²) in [7, 11) is 0. The van der Waals surface area contributed by atoms with Crippen LogP contribution in [0.15, 0.2) is 12.1 Å². The number of rotatable bonds is 4. The molecule has 0 amide bonds. The van der Waals surface area contributed by atoms with Crippen LogP contribution in [0, 0.1) is 25.6 Å². The Labute approximate surface area is 119 Å². The summed E-state index contributed by atoms with van der Waals surface area (Å²) in [5, 5.41) is 12.5. The second-order valence-electron chi connectivity index (χ2n) is 5.82. The molecule has 0 spiro atoms. The minimum absolute atomic E-state index is 0.141. The van der Waals surface area contributed by atoms with Gasteiger partial charge in [-0.05, 0) is 49.8 Å². The topological polar surface area (TPSA) is 49.3 Å². The summed E-state index contributed by atoms with van der Waals surface area (Å²) >= 11 is 0. The zero-order valence-electron chi connectivity index (χ0n) is 12.1. The maximum Gasteiger partial charge on any atom is 0.306 e. The third-order valence-electron chi connectivity index (χ3n) is 4.11. The van der Waals surface area contributed by atoms with Gasteiger partial charge in [0.1, 0.15) is 5.82 Å². The van der Waals surface area contributed by atoms with Crippen molar-refractivity contribution >= 4 is 5.97 Å². The summed E-state index contributed by atoms with van der Waals surface area (Å²) in [6.45, 7) is 4.21. The first-order valence-corrected chi connectivity index (χ1v) is 7.19. The summed E-state index contributed by atoms with van der Waals surface area (Å²) in [5.74, 6) is -1.06. The molecule has 3 nitrogen and oxygen atoms in total. The molecule has 0 aliphatic heterocycles. The molecular formula is C16H22FNO2. The van der Waals surface area contributed by atoms with Crippen LogP contribution in [-0.2, 0) is 11.3 Å². The molecule has 0 aromatic heterocycles. The second-order valence-corrected chi connectivity index (χ2v) is 5.82. The van der Waals surface area contributed by atoms with Gasteiger partial charge in [-0.3, -0.25) is 4.79 Å². The highest BCUT2D eigenvalue weighted by molar-refractivity contribution is 5.70. The minimum Gasteiger partial charge on any atom is -0.481 e. The zero-order valence-corrected chi connectivity index (χ0v) is 12.1. The summed E-state index contributed by atoms with van der Waals surface area (Å²) in [6.07, 6.45) is 3.44. The smallest absolute Gasteiger partial charge is 0.306 e. The zero-order chi connectivity index (χ0) is 14.7. The molecule has 2 rings (SSSR count). The van der Waals surface area contributed by atoms with Crippen LogP contribution >= 0.6 is 0 Å². The van der Waals surface area contributed by atoms with Crippen LogP contribution in [0.2, 0.25) is 0 Å². The van der Waals surface area contributed by atoms with E-state index in [0.717, 1.165) is 24.8 Å². The highest BCUT2D eigenvalue weighted by Gasteiger charge is 2.26. The third-order valence-corrected chi connectivity index (χ3v) is 4.11. The lowest BCUT2D eigenvalue weighted by atomic mass is 9.85. The Hall–Kier alpha value is -1.42. The van der Waals surface area contributed by atoms with E-state index < -0.39 is 5.97 Å². The highest BCUT2D eigenvalue weighted by atomic mass is 19.1. The van der Waals surface area contributed by atoms with E-state index in [1.807, 2.05) is 12.1 Å². The highest BCUT2D eigenvalue weighted by Crippen LogP contribution is 2.25. The van der Waals surface area contributed by atoms with Gasteiger partial charge in [0.2, 0.25) is 0 Å². The first-order chi connectivity index (χ1) is 9.47. The molecule has 1 aromatic carbocycles. The van der Waals surface area contributed by atoms with Gasteiger partial charge in [0.25, 0.3) is 0 Å². The summed E-state index contributed by atoms with van der Waals surface area (Å²) < 4.78 is 13.6. The Morgan fingerprint density at radius 3 is 2.60 bits per heavy atom. The van der Waals surface area contributed by atoms with Crippen molar-refractivity contribution in [3.8, 4) is 0 Å². The molecule has 2 unspecified atom stereocenters. The van der Waals surface area contributed by atoms with E-state index in [0.29, 0.717) is 24.1 Å². The lowest BCUT2D eigenvalue weighted by molar-refractivity contribution is -0.143. The van der Waals surface area contributed by atoms with Crippen LogP contribution < -0.4 is 5.32 Å². The fourth-order valence-electron chi connectivity index (χ4n) is 3.00. The Morgan fingerprint density at radius 1 is 1.35 bits per heavy atom. The van der Waals surface area contributed by atoms with Gasteiger partial charge >= 0.3 is 5.97 Å². The van der Waals surface area contributed by atoms with Gasteiger partial charge in [0, 0.05) is 12.6 Å². The van der Waals surface area contributed by atoms with Gasteiger partial charge in [-0.1, -0.05) is 18.6 Å². The van der Waals surface area contributed by atoms with Crippen LogP contribution in [0.5, 0.6) is 0 Å². The van der Waals surface area contributed by atoms with Gasteiger partial charge in [0.15, 0.2) is 0 Å². The normalized spacial score (nSPS) is 22.8. The van der Waals surface area contributed by atoms with Gasteiger partial charge in [0.05, 0.1) is 5.92 Å². The summed E-state index contributed by atoms with van der Waals surface area (Å²) in [5.41, 5.74) is 2.38. The predicted molar refractivity (Wildman–Crippen MR) is 76.1 cm³/mol. The lowest BCUT2D eigenvalue weighted by Gasteiger charge is -2.27. The maximum atomic E-state index is 13.6. The molecule has 1 aliphatic rings. The first-order valence-electron chi connectivity index (χ1n) is 7.19. The number of benzene rings is 1. The lowest BCUT2D eigenvalue weighted by Crippen LogP contribution is -2.36. The van der Waals surface area contributed by atoms with E-state index in [4.69, 9.17) is 5.11 Å². The number of aliphatic carboxylic acids is 1. The maximum absolute atomic E-state index is 13.6. The fraction of sp³-hybridized carbons (Fsp3) is 0.562. The van der Waals surface area contributed by atoms with Crippen LogP contribution in [0.3, 0.4) is 0 Å². The fourth-order valence-corrected chi connectivity index (χ4v) is 3.00. The Balaban J connectivity index is 1.93. The molecule has 1 saturated carbocycles. The molecule has 1 fully saturated rings. The molecule has 1 aliphatic carbocycles. The molecule has 1 aromatic rings. The van der Waals surface area contributed by atoms with Gasteiger partial charge in [-0.25, -0.2) is 4.39 Å². The molecule has 110 valence electrons. The van der Waals surface area contributed by atoms with Crippen molar-refractivity contribution in [3.63, 3.8) is 0 Å². The standard InChI is InChI=1S/C16H22FNO2/c1-10-6-12(7-11(2)15(10)17)9-18-14-5-3-4-13(8-14)16(19)20/h6-7,13-14,18H,3-5,8-9H2,1-2H3,(H,19,20). The largest absolute Gasteiger partial charge is 0.481 e. The second kappa shape index (κ2) is 6.35. The Morgan fingerprint density at radius 2 is 2.00 bits per heavy atom. The monoisotopic (exact) mass is 279 g/mol. The number of carboxylic acid groups (broad SMARTS) is 1. The molecule has 2 atom stereocenters. The average Bonchev–Trinajstić information content (AvgIpc) is 2.42. The van der Waals surface area contributed by atoms with Crippen molar-refractivity contribution in [2.75, 3.05) is 0 Å². The molecule has 0 radical (unpaired) electrons. The van der Waals surface area contributed by atoms with Crippen LogP contribution in [0.25, 0.3) is 0 Å². The van der Waals surface area contributed by atoms with Gasteiger partial charge in [-0.2, -0.15) is 0 Å². The molecule has 0 heterocycles. The van der Waals surface area contributed by atoms with E-state index in [2.05, 4.69) is 5.32 Å². The number of halogens is 1. The number of carboxylic acids is 1. The molecular weight excluding hydrogens is 257 g/mol. The van der Waals surface area contributed by atoms with Crippen LogP contribution in [-0.4, -0.2) is 17.1 Å². The number of hydrogen-bond acceptors (Lipinski definition) is 2. The van der Waals surface area contributed by atoms with E-state index >= 15 is 0 Å². The predicted octanol–water partition coefficient (Wildman–Crippen LogP) is 3.18. The Kier molecular flexibility index (Phi) is 4.76. The van der Waals surface area contributed by atoms with Gasteiger partial charge in [-0.15, -0.1) is 0 Å². The SMILES string of the molecule is Cc1cc(CNC2CCCC(C(=O)O)C2)cc(C)c1F. The van der Waals surface area contributed by atoms with Crippen LogP contribution in [0.4, 0.5) is 4.39 Å². The Bertz CT molecular complexity index is 478. The molecule has 20 heavy (non-hydrogen) atoms. The van der Waals surface area contributed by atoms with Crippen LogP contribution in [0.1, 0.15) is 42.4 Å². The minimum atomic E-state index is -0.690. The molecule has 0 saturated heterocycles. The number of nitrogens with one attached hydrogen (secondary N) is 1. The quantitative estimate of drug-likeness (QED) is 0.890. The van der Waals surface area contributed by atoms with Crippen molar-refractivity contribution in [2.45, 2.75) is 52.1 Å². The van der Waals surface area contributed by atoms with E-state index in [1.165, 1.54) is 0 Å². The van der Waals surface area contributed by atoms with Crippen molar-refractivity contribution < 1.29 is 14.3 Å². The number of hydrogen-bond donors (Lipinski definition) is 2. The van der Waals surface area contributed by atoms with Crippen molar-refractivity contribution in [1.29, 1.82) is 0 Å². The first kappa shape index (κ1) is 15.0. The van der Waals surface area contributed by atoms with Crippen molar-refractivity contribution in [1.82, 2.24) is 5.32 Å². The van der Waals surface area contributed by atoms with Crippen molar-refractivity contribution in [3.05, 3.63) is 34.6 Å². The summed E-state index contributed by atoms with van der Waals surface area (Å²) in [6, 6.07) is 3.95. The number of carbonyl (C=O) groups is 1. The van der Waals surface area contributed by atoms with E-state index in [9.17, 15) is 9.18 Å². The third kappa shape index (κ3) is 3.57. The van der Waals surface area contributed by atoms with E-state index in [-0.39, 0.29) is 17.8 Å². The van der Waals surface area contributed by atoms with E-state index in [1.54, 1.807) is 13.8 Å². The molecule has 0 bridgehead atoms. The number of aryl methyl sites for hydroxylation is 2.